The standard InChI is InChI=1S/C66H44/c1-5-17-39(18-6-1)43-35-56-44(40-19-7-2-8-20-40)29-30-49-50-31-32-51-54-37-58-59(38-55(54)52-33-34-53(63(50)64(51)52)57(36-43)62(49)56)61(42-23-11-4-12-24-42)66-48-28-16-14-26-46(48)45-25-13-15-27-47(45)65(66)60(58)41-21-9-3-10-22-41/h1-7,9-19,21-32,35,37-38,43H,8,20,33-34,36H2. The fraction of sp³-hybridized carbons (Fsp3) is 0.0909. The minimum absolute atomic E-state index is 0.329. The quantitative estimate of drug-likeness (QED) is 0.122. The molecule has 4 aliphatic carbocycles. The zero-order valence-electron chi connectivity index (χ0n) is 36.7. The van der Waals surface area contributed by atoms with Crippen molar-refractivity contribution in [3.05, 3.63) is 232 Å². The zero-order chi connectivity index (χ0) is 43.0. The van der Waals surface area contributed by atoms with E-state index in [-0.39, 0.29) is 0 Å². The van der Waals surface area contributed by atoms with Crippen molar-refractivity contribution in [2.24, 2.45) is 0 Å². The summed E-state index contributed by atoms with van der Waals surface area (Å²) < 4.78 is 0. The van der Waals surface area contributed by atoms with Crippen molar-refractivity contribution in [1.82, 2.24) is 0 Å². The first-order chi connectivity index (χ1) is 32.8. The van der Waals surface area contributed by atoms with Crippen LogP contribution in [0.25, 0.3) is 115 Å². The Kier molecular flexibility index (Phi) is 7.67. The molecule has 1 unspecified atom stereocenters. The molecule has 0 nitrogen and oxygen atoms in total. The highest BCUT2D eigenvalue weighted by molar-refractivity contribution is 6.37. The van der Waals surface area contributed by atoms with Gasteiger partial charge in [0.1, 0.15) is 0 Å². The van der Waals surface area contributed by atoms with Gasteiger partial charge in [-0.1, -0.05) is 188 Å². The monoisotopic (exact) mass is 836 g/mol. The van der Waals surface area contributed by atoms with E-state index in [1.165, 1.54) is 136 Å². The van der Waals surface area contributed by atoms with Crippen LogP contribution in [0, 0.1) is 0 Å². The van der Waals surface area contributed by atoms with Crippen molar-refractivity contribution in [3.63, 3.8) is 0 Å². The van der Waals surface area contributed by atoms with Gasteiger partial charge in [-0.05, 0) is 192 Å². The van der Waals surface area contributed by atoms with Gasteiger partial charge in [0, 0.05) is 5.92 Å². The van der Waals surface area contributed by atoms with E-state index < -0.39 is 0 Å². The Hall–Kier alpha value is -7.80. The maximum atomic E-state index is 2.62. The summed E-state index contributed by atoms with van der Waals surface area (Å²) in [5.41, 5.74) is 18.3. The largest absolute Gasteiger partial charge is 0.0842 e. The third kappa shape index (κ3) is 4.99. The molecule has 0 heterocycles. The Morgan fingerprint density at radius 1 is 0.394 bits per heavy atom. The van der Waals surface area contributed by atoms with E-state index in [9.17, 15) is 0 Å². The summed E-state index contributed by atoms with van der Waals surface area (Å²) in [4.78, 5) is 0. The Morgan fingerprint density at radius 3 is 1.59 bits per heavy atom. The number of fused-ring (bicyclic) bond motifs is 12. The number of hydrogen-bond donors (Lipinski definition) is 0. The average molecular weight is 837 g/mol. The van der Waals surface area contributed by atoms with E-state index in [2.05, 4.69) is 200 Å². The van der Waals surface area contributed by atoms with Crippen molar-refractivity contribution < 1.29 is 0 Å². The Balaban J connectivity index is 1.09. The SMILES string of the molecule is C1=CCCC(c2ccc3c4c(c5c6c7c(ccc63)-c3cc6c(-c8ccccc8)c8c9ccccc9c9ccccc9c8c(-c8ccccc8)c6cc3C=7CC5)CC(c3ccccc3)C=c24)=C1. The second kappa shape index (κ2) is 13.9. The Labute approximate surface area is 383 Å². The molecule has 15 rings (SSSR count). The van der Waals surface area contributed by atoms with E-state index in [4.69, 9.17) is 0 Å². The third-order valence-electron chi connectivity index (χ3n) is 15.9. The van der Waals surface area contributed by atoms with Crippen LogP contribution in [-0.2, 0) is 12.8 Å². The molecule has 0 bridgehead atoms. The lowest BCUT2D eigenvalue weighted by Crippen LogP contribution is -2.24. The molecule has 0 fully saturated rings. The van der Waals surface area contributed by atoms with E-state index in [0.29, 0.717) is 5.92 Å². The summed E-state index contributed by atoms with van der Waals surface area (Å²) in [6, 6.07) is 67.1. The molecule has 4 aliphatic rings. The first-order valence-corrected chi connectivity index (χ1v) is 24.0. The van der Waals surface area contributed by atoms with Crippen molar-refractivity contribution in [3.8, 4) is 33.4 Å². The first-order valence-electron chi connectivity index (χ1n) is 24.0. The molecule has 66 heavy (non-hydrogen) atoms. The Bertz CT molecular complexity index is 4150. The molecule has 0 radical (unpaired) electrons. The highest BCUT2D eigenvalue weighted by atomic mass is 14.4. The van der Waals surface area contributed by atoms with Crippen molar-refractivity contribution >= 4 is 81.9 Å². The van der Waals surface area contributed by atoms with Crippen LogP contribution >= 0.6 is 0 Å². The topological polar surface area (TPSA) is 0 Å². The molecule has 0 spiro atoms. The average Bonchev–Trinajstić information content (AvgIpc) is 3.71. The maximum Gasteiger partial charge on any atom is 0.00681 e. The molecule has 0 aliphatic heterocycles. The summed E-state index contributed by atoms with van der Waals surface area (Å²) in [6.45, 7) is 0. The lowest BCUT2D eigenvalue weighted by Gasteiger charge is -2.28. The maximum absolute atomic E-state index is 2.62. The molecule has 0 N–H and O–H groups in total. The Morgan fingerprint density at radius 2 is 0.955 bits per heavy atom. The van der Waals surface area contributed by atoms with Gasteiger partial charge >= 0.3 is 0 Å². The van der Waals surface area contributed by atoms with Gasteiger partial charge in [-0.15, -0.1) is 0 Å². The summed E-state index contributed by atoms with van der Waals surface area (Å²) in [5.74, 6) is 0.329. The van der Waals surface area contributed by atoms with Gasteiger partial charge < -0.3 is 0 Å². The summed E-state index contributed by atoms with van der Waals surface area (Å²) >= 11 is 0. The van der Waals surface area contributed by atoms with Gasteiger partial charge in [-0.2, -0.15) is 0 Å². The molecule has 1 atom stereocenters. The highest BCUT2D eigenvalue weighted by Crippen LogP contribution is 2.53. The normalized spacial score (nSPS) is 15.8. The third-order valence-corrected chi connectivity index (χ3v) is 15.9. The zero-order valence-corrected chi connectivity index (χ0v) is 36.7. The van der Waals surface area contributed by atoms with Crippen LogP contribution in [0.1, 0.15) is 53.0 Å². The molecular weight excluding hydrogens is 793 g/mol. The van der Waals surface area contributed by atoms with Crippen LogP contribution in [0.2, 0.25) is 0 Å². The first kappa shape index (κ1) is 36.5. The molecule has 0 saturated heterocycles. The van der Waals surface area contributed by atoms with Gasteiger partial charge in [0.15, 0.2) is 0 Å². The van der Waals surface area contributed by atoms with Crippen molar-refractivity contribution in [1.29, 1.82) is 0 Å². The number of rotatable bonds is 4. The van der Waals surface area contributed by atoms with Crippen LogP contribution in [-0.4, -0.2) is 0 Å². The van der Waals surface area contributed by atoms with Gasteiger partial charge in [-0.3, -0.25) is 0 Å². The summed E-state index contributed by atoms with van der Waals surface area (Å²) in [5, 5.41) is 19.3. The van der Waals surface area contributed by atoms with Crippen LogP contribution in [0.15, 0.2) is 194 Å². The van der Waals surface area contributed by atoms with Gasteiger partial charge in [0.2, 0.25) is 0 Å². The van der Waals surface area contributed by atoms with E-state index in [1.54, 1.807) is 11.1 Å². The molecule has 308 valence electrons. The minimum atomic E-state index is 0.329. The van der Waals surface area contributed by atoms with Gasteiger partial charge in [0.05, 0.1) is 0 Å². The lowest BCUT2D eigenvalue weighted by molar-refractivity contribution is 0.849. The fourth-order valence-corrected chi connectivity index (χ4v) is 13.2. The second-order valence-electron chi connectivity index (χ2n) is 19.1. The van der Waals surface area contributed by atoms with Crippen LogP contribution in [0.4, 0.5) is 0 Å². The van der Waals surface area contributed by atoms with Gasteiger partial charge in [0.25, 0.3) is 0 Å². The number of allylic oxidation sites excluding steroid dienone is 4. The van der Waals surface area contributed by atoms with Crippen molar-refractivity contribution in [2.75, 3.05) is 0 Å². The number of benzene rings is 11. The molecule has 0 amide bonds. The van der Waals surface area contributed by atoms with Gasteiger partial charge in [-0.25, -0.2) is 0 Å². The highest BCUT2D eigenvalue weighted by Gasteiger charge is 2.32. The minimum Gasteiger partial charge on any atom is -0.0842 e. The van der Waals surface area contributed by atoms with Crippen molar-refractivity contribution in [2.45, 2.75) is 38.0 Å². The lowest BCUT2D eigenvalue weighted by atomic mass is 9.75. The molecule has 11 aromatic carbocycles. The van der Waals surface area contributed by atoms with Crippen LogP contribution < -0.4 is 10.4 Å². The molecule has 11 aromatic rings. The predicted molar refractivity (Wildman–Crippen MR) is 282 cm³/mol. The fourth-order valence-electron chi connectivity index (χ4n) is 13.2. The van der Waals surface area contributed by atoms with Crippen LogP contribution in [0.3, 0.4) is 0 Å². The second-order valence-corrected chi connectivity index (χ2v) is 19.1. The molecule has 0 aromatic heterocycles. The smallest absolute Gasteiger partial charge is 0.00681 e. The molecule has 0 saturated carbocycles. The molecule has 0 heteroatoms. The van der Waals surface area contributed by atoms with Crippen LogP contribution in [0.5, 0.6) is 0 Å². The predicted octanol–water partition coefficient (Wildman–Crippen LogP) is 15.9. The van der Waals surface area contributed by atoms with E-state index in [0.717, 1.165) is 32.1 Å². The number of hydrogen-bond acceptors (Lipinski definition) is 0. The summed E-state index contributed by atoms with van der Waals surface area (Å²) in [6.07, 6.45) is 14.9. The van der Waals surface area contributed by atoms with E-state index in [1.807, 2.05) is 0 Å². The molecular formula is C66H44. The van der Waals surface area contributed by atoms with E-state index >= 15 is 0 Å². The summed E-state index contributed by atoms with van der Waals surface area (Å²) in [7, 11) is 0. The number of aryl methyl sites for hydroxylation is 1.